The van der Waals surface area contributed by atoms with Crippen molar-refractivity contribution in [2.75, 3.05) is 30.4 Å². The maximum atomic E-state index is 11.3. The fraction of sp³-hybridized carbons (Fsp3) is 0.500. The predicted molar refractivity (Wildman–Crippen MR) is 79.6 cm³/mol. The molecule has 7 nitrogen and oxygen atoms in total. The molecule has 7 heteroatoms. The lowest BCUT2D eigenvalue weighted by molar-refractivity contribution is -0.384. The number of nitrogens with zero attached hydrogens (tertiary/aromatic N) is 1. The van der Waals surface area contributed by atoms with Crippen molar-refractivity contribution in [3.8, 4) is 0 Å². The van der Waals surface area contributed by atoms with Crippen LogP contribution in [0.1, 0.15) is 25.3 Å². The smallest absolute Gasteiger partial charge is 0.292 e. The van der Waals surface area contributed by atoms with Gasteiger partial charge in [0.15, 0.2) is 0 Å². The molecular weight excluding hydrogens is 274 g/mol. The van der Waals surface area contributed by atoms with E-state index >= 15 is 0 Å². The fourth-order valence-electron chi connectivity index (χ4n) is 2.16. The van der Waals surface area contributed by atoms with Crippen LogP contribution in [0.5, 0.6) is 0 Å². The van der Waals surface area contributed by atoms with E-state index in [2.05, 4.69) is 17.6 Å². The quantitative estimate of drug-likeness (QED) is 0.436. The third-order valence-corrected chi connectivity index (χ3v) is 3.25. The Morgan fingerprint density at radius 1 is 1.43 bits per heavy atom. The summed E-state index contributed by atoms with van der Waals surface area (Å²) in [6, 6.07) is 3.07. The topological polar surface area (TPSA) is 93.5 Å². The van der Waals surface area contributed by atoms with E-state index in [0.29, 0.717) is 36.7 Å². The van der Waals surface area contributed by atoms with Crippen LogP contribution in [-0.2, 0) is 16.0 Å². The van der Waals surface area contributed by atoms with Crippen LogP contribution < -0.4 is 10.6 Å². The van der Waals surface area contributed by atoms with Crippen LogP contribution in [-0.4, -0.2) is 30.6 Å². The zero-order valence-electron chi connectivity index (χ0n) is 12.0. The Balaban J connectivity index is 1.99. The first kappa shape index (κ1) is 15.2. The number of nitrogens with one attached hydrogen (secondary N) is 2. The first-order valence-electron chi connectivity index (χ1n) is 7.04. The summed E-state index contributed by atoms with van der Waals surface area (Å²) in [5.74, 6) is -0.139. The maximum Gasteiger partial charge on any atom is 0.292 e. The number of amides is 1. The third-order valence-electron chi connectivity index (χ3n) is 3.25. The summed E-state index contributed by atoms with van der Waals surface area (Å²) >= 11 is 0. The molecule has 1 aromatic rings. The molecule has 0 unspecified atom stereocenters. The van der Waals surface area contributed by atoms with Crippen molar-refractivity contribution in [3.63, 3.8) is 0 Å². The van der Waals surface area contributed by atoms with Crippen molar-refractivity contribution in [3.05, 3.63) is 27.8 Å². The van der Waals surface area contributed by atoms with Gasteiger partial charge in [-0.25, -0.2) is 0 Å². The number of nitro groups is 1. The maximum absolute atomic E-state index is 11.3. The fourth-order valence-corrected chi connectivity index (χ4v) is 2.16. The number of fused-ring (bicyclic) bond motifs is 1. The molecule has 21 heavy (non-hydrogen) atoms. The average Bonchev–Trinajstić information content (AvgIpc) is 2.80. The van der Waals surface area contributed by atoms with Gasteiger partial charge < -0.3 is 15.4 Å². The van der Waals surface area contributed by atoms with E-state index in [1.807, 2.05) is 0 Å². The highest BCUT2D eigenvalue weighted by molar-refractivity contribution is 6.00. The molecule has 0 bridgehead atoms. The molecule has 0 atom stereocenters. The zero-order chi connectivity index (χ0) is 15.2. The number of ether oxygens (including phenoxy) is 1. The van der Waals surface area contributed by atoms with E-state index in [4.69, 9.17) is 4.74 Å². The van der Waals surface area contributed by atoms with Crippen LogP contribution in [0.2, 0.25) is 0 Å². The molecule has 0 saturated carbocycles. The Labute approximate surface area is 122 Å². The Hall–Kier alpha value is -2.15. The van der Waals surface area contributed by atoms with E-state index < -0.39 is 4.92 Å². The second-order valence-corrected chi connectivity index (χ2v) is 4.90. The van der Waals surface area contributed by atoms with Gasteiger partial charge in [-0.15, -0.1) is 0 Å². The first-order valence-corrected chi connectivity index (χ1v) is 7.04. The van der Waals surface area contributed by atoms with E-state index in [9.17, 15) is 14.9 Å². The van der Waals surface area contributed by atoms with Gasteiger partial charge in [-0.1, -0.05) is 13.3 Å². The van der Waals surface area contributed by atoms with Crippen molar-refractivity contribution in [2.24, 2.45) is 0 Å². The van der Waals surface area contributed by atoms with Crippen molar-refractivity contribution >= 4 is 23.0 Å². The second kappa shape index (κ2) is 7.03. The lowest BCUT2D eigenvalue weighted by Gasteiger charge is -2.09. The van der Waals surface area contributed by atoms with Crippen molar-refractivity contribution < 1.29 is 14.5 Å². The summed E-state index contributed by atoms with van der Waals surface area (Å²) in [4.78, 5) is 22.0. The molecule has 0 fully saturated rings. The lowest BCUT2D eigenvalue weighted by atomic mass is 10.1. The first-order chi connectivity index (χ1) is 10.1. The highest BCUT2D eigenvalue weighted by Crippen LogP contribution is 2.34. The van der Waals surface area contributed by atoms with Crippen LogP contribution >= 0.6 is 0 Å². The van der Waals surface area contributed by atoms with Gasteiger partial charge in [0.25, 0.3) is 5.69 Å². The minimum absolute atomic E-state index is 0.0150. The molecule has 0 aliphatic carbocycles. The Kier molecular flexibility index (Phi) is 5.10. The van der Waals surface area contributed by atoms with Crippen LogP contribution in [0.3, 0.4) is 0 Å². The predicted octanol–water partition coefficient (Wildman–Crippen LogP) is 2.32. The third kappa shape index (κ3) is 3.91. The Bertz CT molecular complexity index is 545. The number of nitro benzene ring substituents is 1. The van der Waals surface area contributed by atoms with Gasteiger partial charge >= 0.3 is 0 Å². The minimum Gasteiger partial charge on any atom is -0.380 e. The number of hydrogen-bond acceptors (Lipinski definition) is 5. The molecule has 0 spiro atoms. The van der Waals surface area contributed by atoms with Gasteiger partial charge in [-0.05, 0) is 18.1 Å². The lowest BCUT2D eigenvalue weighted by Crippen LogP contribution is -2.11. The van der Waals surface area contributed by atoms with Gasteiger partial charge in [0.1, 0.15) is 5.69 Å². The van der Waals surface area contributed by atoms with Crippen LogP contribution in [0.25, 0.3) is 0 Å². The number of hydrogen-bond donors (Lipinski definition) is 2. The molecule has 114 valence electrons. The summed E-state index contributed by atoms with van der Waals surface area (Å²) in [5.41, 5.74) is 1.69. The van der Waals surface area contributed by atoms with Crippen LogP contribution in [0, 0.1) is 10.1 Å². The molecular formula is C14H19N3O4. The number of carbonyl (C=O) groups excluding carboxylic acids is 1. The number of carbonyl (C=O) groups is 1. The van der Waals surface area contributed by atoms with Crippen molar-refractivity contribution in [1.29, 1.82) is 0 Å². The number of benzene rings is 1. The average molecular weight is 293 g/mol. The van der Waals surface area contributed by atoms with Crippen molar-refractivity contribution in [1.82, 2.24) is 0 Å². The highest BCUT2D eigenvalue weighted by atomic mass is 16.6. The Morgan fingerprint density at radius 2 is 2.24 bits per heavy atom. The number of anilines is 2. The normalized spacial score (nSPS) is 12.9. The summed E-state index contributed by atoms with van der Waals surface area (Å²) in [6.45, 7) is 3.75. The summed E-state index contributed by atoms with van der Waals surface area (Å²) < 4.78 is 5.40. The summed E-state index contributed by atoms with van der Waals surface area (Å²) in [6.07, 6.45) is 2.27. The van der Waals surface area contributed by atoms with E-state index in [0.717, 1.165) is 12.8 Å². The van der Waals surface area contributed by atoms with Crippen LogP contribution in [0.4, 0.5) is 17.1 Å². The molecule has 1 aliphatic rings. The SMILES string of the molecule is CCCCOCCNc1cc2c(cc1[N+](=O)[O-])CC(=O)N2. The van der Waals surface area contributed by atoms with Crippen molar-refractivity contribution in [2.45, 2.75) is 26.2 Å². The number of unbranched alkanes of at least 4 members (excludes halogenated alkanes) is 1. The van der Waals surface area contributed by atoms with Gasteiger partial charge in [0.05, 0.1) is 18.0 Å². The van der Waals surface area contributed by atoms with Crippen LogP contribution in [0.15, 0.2) is 12.1 Å². The van der Waals surface area contributed by atoms with E-state index in [-0.39, 0.29) is 18.0 Å². The molecule has 0 radical (unpaired) electrons. The van der Waals surface area contributed by atoms with Gasteiger partial charge in [-0.3, -0.25) is 14.9 Å². The molecule has 0 aromatic heterocycles. The minimum atomic E-state index is -0.441. The monoisotopic (exact) mass is 293 g/mol. The second-order valence-electron chi connectivity index (χ2n) is 4.90. The molecule has 1 amide bonds. The molecule has 1 aliphatic heterocycles. The summed E-state index contributed by atoms with van der Waals surface area (Å²) in [7, 11) is 0. The zero-order valence-corrected chi connectivity index (χ0v) is 12.0. The molecule has 1 heterocycles. The van der Waals surface area contributed by atoms with E-state index in [1.54, 1.807) is 6.07 Å². The molecule has 1 aromatic carbocycles. The number of rotatable bonds is 8. The largest absolute Gasteiger partial charge is 0.380 e. The van der Waals surface area contributed by atoms with Gasteiger partial charge in [0, 0.05) is 24.9 Å². The molecule has 2 N–H and O–H groups in total. The highest BCUT2D eigenvalue weighted by Gasteiger charge is 2.24. The Morgan fingerprint density at radius 3 is 2.95 bits per heavy atom. The van der Waals surface area contributed by atoms with Gasteiger partial charge in [-0.2, -0.15) is 0 Å². The molecule has 0 saturated heterocycles. The standard InChI is InChI=1S/C14H19N3O4/c1-2-3-5-21-6-4-15-12-9-11-10(8-14(18)16-11)7-13(12)17(19)20/h7,9,15H,2-6,8H2,1H3,(H,16,18). The summed E-state index contributed by atoms with van der Waals surface area (Å²) in [5, 5.41) is 16.8. The van der Waals surface area contributed by atoms with E-state index in [1.165, 1.54) is 6.07 Å². The van der Waals surface area contributed by atoms with Gasteiger partial charge in [0.2, 0.25) is 5.91 Å². The molecule has 2 rings (SSSR count).